The smallest absolute Gasteiger partial charge is 0.411 e. The van der Waals surface area contributed by atoms with Crippen molar-refractivity contribution in [3.05, 3.63) is 29.8 Å². The Hall–Kier alpha value is -2.24. The molecule has 0 fully saturated rings. The van der Waals surface area contributed by atoms with Crippen LogP contribution in [0.4, 0.5) is 10.5 Å². The number of anilines is 1. The Morgan fingerprint density at radius 2 is 2.33 bits per heavy atom. The van der Waals surface area contributed by atoms with Crippen molar-refractivity contribution in [2.24, 2.45) is 10.9 Å². The molecule has 6 nitrogen and oxygen atoms in total. The summed E-state index contributed by atoms with van der Waals surface area (Å²) < 4.78 is 4.42. The Bertz CT molecular complexity index is 390. The molecule has 0 bridgehead atoms. The molecule has 0 unspecified atom stereocenters. The van der Waals surface area contributed by atoms with Crippen molar-refractivity contribution in [1.29, 1.82) is 0 Å². The van der Waals surface area contributed by atoms with Gasteiger partial charge in [-0.1, -0.05) is 17.3 Å². The minimum atomic E-state index is -0.577. The number of nitrogens with one attached hydrogen (secondary N) is 1. The monoisotopic (exact) mass is 209 g/mol. The predicted octanol–water partition coefficient (Wildman–Crippen LogP) is 0.959. The number of carbonyl (C=O) groups is 1. The zero-order valence-electron chi connectivity index (χ0n) is 8.10. The van der Waals surface area contributed by atoms with E-state index in [4.69, 9.17) is 10.9 Å². The van der Waals surface area contributed by atoms with Crippen LogP contribution in [-0.2, 0) is 4.74 Å². The van der Waals surface area contributed by atoms with Crippen LogP contribution < -0.4 is 11.1 Å². The number of benzene rings is 1. The topological polar surface area (TPSA) is 96.9 Å². The number of nitrogens with two attached hydrogens (primary N) is 1. The van der Waals surface area contributed by atoms with Crippen molar-refractivity contribution in [1.82, 2.24) is 0 Å². The molecule has 80 valence electrons. The van der Waals surface area contributed by atoms with Gasteiger partial charge < -0.3 is 15.7 Å². The molecule has 0 atom stereocenters. The molecule has 0 aliphatic heterocycles. The minimum Gasteiger partial charge on any atom is -0.453 e. The van der Waals surface area contributed by atoms with E-state index in [0.717, 1.165) is 0 Å². The van der Waals surface area contributed by atoms with Crippen LogP contribution in [0.5, 0.6) is 0 Å². The van der Waals surface area contributed by atoms with E-state index in [9.17, 15) is 4.79 Å². The van der Waals surface area contributed by atoms with E-state index in [1.54, 1.807) is 24.3 Å². The number of oxime groups is 1. The van der Waals surface area contributed by atoms with Gasteiger partial charge in [-0.2, -0.15) is 0 Å². The van der Waals surface area contributed by atoms with Gasteiger partial charge in [-0.25, -0.2) is 4.79 Å². The van der Waals surface area contributed by atoms with Gasteiger partial charge in [0.05, 0.1) is 7.11 Å². The quantitative estimate of drug-likeness (QED) is 0.292. The lowest BCUT2D eigenvalue weighted by molar-refractivity contribution is 0.187. The molecule has 1 aromatic rings. The lowest BCUT2D eigenvalue weighted by atomic mass is 10.2. The van der Waals surface area contributed by atoms with Crippen LogP contribution in [0.25, 0.3) is 0 Å². The summed E-state index contributed by atoms with van der Waals surface area (Å²) >= 11 is 0. The van der Waals surface area contributed by atoms with E-state index in [2.05, 4.69) is 15.2 Å². The molecule has 6 heteroatoms. The number of hydrogen-bond donors (Lipinski definition) is 3. The number of nitrogens with zero attached hydrogens (tertiary/aromatic N) is 1. The van der Waals surface area contributed by atoms with Crippen molar-refractivity contribution in [3.63, 3.8) is 0 Å². The van der Waals surface area contributed by atoms with Crippen molar-refractivity contribution in [3.8, 4) is 0 Å². The van der Waals surface area contributed by atoms with Crippen LogP contribution in [0.15, 0.2) is 29.4 Å². The highest BCUT2D eigenvalue weighted by atomic mass is 16.5. The molecular formula is C9H11N3O3. The fraction of sp³-hybridized carbons (Fsp3) is 0.111. The molecule has 0 saturated heterocycles. The van der Waals surface area contributed by atoms with E-state index < -0.39 is 6.09 Å². The van der Waals surface area contributed by atoms with E-state index in [1.165, 1.54) is 7.11 Å². The normalized spacial score (nSPS) is 10.9. The van der Waals surface area contributed by atoms with Crippen LogP contribution in [0.2, 0.25) is 0 Å². The second-order valence-corrected chi connectivity index (χ2v) is 2.68. The van der Waals surface area contributed by atoms with Crippen LogP contribution in [0, 0.1) is 0 Å². The van der Waals surface area contributed by atoms with Crippen molar-refractivity contribution >= 4 is 17.6 Å². The molecule has 15 heavy (non-hydrogen) atoms. The Balaban J connectivity index is 2.88. The van der Waals surface area contributed by atoms with Gasteiger partial charge in [-0.3, -0.25) is 5.32 Å². The molecule has 4 N–H and O–H groups in total. The Morgan fingerprint density at radius 1 is 1.60 bits per heavy atom. The molecule has 0 heterocycles. The first-order valence-corrected chi connectivity index (χ1v) is 4.10. The highest BCUT2D eigenvalue weighted by Gasteiger charge is 2.03. The number of methoxy groups -OCH3 is 1. The lowest BCUT2D eigenvalue weighted by Gasteiger charge is -2.05. The fourth-order valence-electron chi connectivity index (χ4n) is 0.983. The molecule has 0 radical (unpaired) electrons. The van der Waals surface area contributed by atoms with E-state index >= 15 is 0 Å². The van der Waals surface area contributed by atoms with E-state index in [1.807, 2.05) is 0 Å². The number of rotatable bonds is 2. The number of amidine groups is 1. The summed E-state index contributed by atoms with van der Waals surface area (Å²) in [6, 6.07) is 6.53. The molecule has 0 aliphatic rings. The largest absolute Gasteiger partial charge is 0.453 e. The summed E-state index contributed by atoms with van der Waals surface area (Å²) in [7, 11) is 1.27. The Morgan fingerprint density at radius 3 is 2.93 bits per heavy atom. The van der Waals surface area contributed by atoms with Crippen LogP contribution in [-0.4, -0.2) is 24.2 Å². The highest BCUT2D eigenvalue weighted by molar-refractivity contribution is 5.98. The molecular weight excluding hydrogens is 198 g/mol. The van der Waals surface area contributed by atoms with Gasteiger partial charge in [-0.05, 0) is 12.1 Å². The highest BCUT2D eigenvalue weighted by Crippen LogP contribution is 2.10. The minimum absolute atomic E-state index is 0.0245. The third kappa shape index (κ3) is 2.87. The lowest BCUT2D eigenvalue weighted by Crippen LogP contribution is -2.15. The molecule has 0 aromatic heterocycles. The van der Waals surface area contributed by atoms with Crippen molar-refractivity contribution in [2.75, 3.05) is 12.4 Å². The first-order valence-electron chi connectivity index (χ1n) is 4.10. The molecule has 0 spiro atoms. The molecule has 1 rings (SSSR count). The molecule has 0 saturated carbocycles. The number of carbonyl (C=O) groups excluding carboxylic acids is 1. The Labute approximate surface area is 86.3 Å². The summed E-state index contributed by atoms with van der Waals surface area (Å²) in [5.41, 5.74) is 6.39. The van der Waals surface area contributed by atoms with Gasteiger partial charge in [-0.15, -0.1) is 0 Å². The maximum Gasteiger partial charge on any atom is 0.411 e. The second kappa shape index (κ2) is 4.85. The van der Waals surface area contributed by atoms with Gasteiger partial charge >= 0.3 is 6.09 Å². The van der Waals surface area contributed by atoms with Crippen LogP contribution in [0.3, 0.4) is 0 Å². The zero-order chi connectivity index (χ0) is 11.3. The standard InChI is InChI=1S/C9H11N3O3/c1-15-9(13)11-7-4-2-3-6(5-7)8(10)12-14/h2-5,14H,1H3,(H2,10,12)(H,11,13). The SMILES string of the molecule is COC(=O)Nc1cccc(/C(N)=N/O)c1. The van der Waals surface area contributed by atoms with Crippen molar-refractivity contribution < 1.29 is 14.7 Å². The third-order valence-electron chi connectivity index (χ3n) is 1.70. The maximum absolute atomic E-state index is 10.9. The molecule has 0 aliphatic carbocycles. The van der Waals surface area contributed by atoms with Crippen LogP contribution in [0.1, 0.15) is 5.56 Å². The average molecular weight is 209 g/mol. The first kappa shape index (κ1) is 10.8. The average Bonchev–Trinajstić information content (AvgIpc) is 2.28. The summed E-state index contributed by atoms with van der Waals surface area (Å²) in [5, 5.41) is 13.8. The molecule has 1 amide bonds. The van der Waals surface area contributed by atoms with Gasteiger partial charge in [0.2, 0.25) is 0 Å². The predicted molar refractivity (Wildman–Crippen MR) is 55.0 cm³/mol. The number of amides is 1. The summed E-state index contributed by atoms with van der Waals surface area (Å²) in [5.74, 6) is -0.0245. The number of ether oxygens (including phenoxy) is 1. The van der Waals surface area contributed by atoms with E-state index in [0.29, 0.717) is 11.3 Å². The third-order valence-corrected chi connectivity index (χ3v) is 1.70. The summed E-state index contributed by atoms with van der Waals surface area (Å²) in [4.78, 5) is 10.9. The zero-order valence-corrected chi connectivity index (χ0v) is 8.10. The Kier molecular flexibility index (Phi) is 3.50. The van der Waals surface area contributed by atoms with Gasteiger partial charge in [0.1, 0.15) is 0 Å². The second-order valence-electron chi connectivity index (χ2n) is 2.68. The van der Waals surface area contributed by atoms with Gasteiger partial charge in [0.25, 0.3) is 0 Å². The summed E-state index contributed by atoms with van der Waals surface area (Å²) in [6.45, 7) is 0. The molecule has 1 aromatic carbocycles. The number of hydrogen-bond acceptors (Lipinski definition) is 4. The summed E-state index contributed by atoms with van der Waals surface area (Å²) in [6.07, 6.45) is -0.577. The van der Waals surface area contributed by atoms with Crippen LogP contribution >= 0.6 is 0 Å². The fourth-order valence-corrected chi connectivity index (χ4v) is 0.983. The van der Waals surface area contributed by atoms with Gasteiger partial charge in [0, 0.05) is 11.3 Å². The first-order chi connectivity index (χ1) is 7.17. The van der Waals surface area contributed by atoms with Crippen molar-refractivity contribution in [2.45, 2.75) is 0 Å². The maximum atomic E-state index is 10.9. The van der Waals surface area contributed by atoms with Gasteiger partial charge in [0.15, 0.2) is 5.84 Å². The van der Waals surface area contributed by atoms with E-state index in [-0.39, 0.29) is 5.84 Å².